The molecule has 1 amide bonds. The molecule has 2 aromatic heterocycles. The normalized spacial score (nSPS) is 10.6. The van der Waals surface area contributed by atoms with Crippen molar-refractivity contribution < 1.29 is 4.79 Å². The van der Waals surface area contributed by atoms with Crippen molar-refractivity contribution in [2.75, 3.05) is 4.90 Å². The zero-order valence-electron chi connectivity index (χ0n) is 14.7. The number of aromatic nitrogens is 5. The second-order valence-corrected chi connectivity index (χ2v) is 6.43. The predicted molar refractivity (Wildman–Crippen MR) is 105 cm³/mol. The molecule has 0 saturated carbocycles. The van der Waals surface area contributed by atoms with Crippen LogP contribution in [0.5, 0.6) is 0 Å². The molecule has 0 bridgehead atoms. The molecular formula is C20H15ClN6O. The van der Waals surface area contributed by atoms with Crippen LogP contribution in [0.2, 0.25) is 5.02 Å². The summed E-state index contributed by atoms with van der Waals surface area (Å²) >= 11 is 6.01. The zero-order chi connectivity index (χ0) is 19.3. The number of nitrogens with zero attached hydrogens (tertiary/aromatic N) is 6. The Balaban J connectivity index is 1.70. The molecule has 2 heterocycles. The van der Waals surface area contributed by atoms with Crippen molar-refractivity contribution in [3.63, 3.8) is 0 Å². The first-order valence-electron chi connectivity index (χ1n) is 8.51. The van der Waals surface area contributed by atoms with Crippen molar-refractivity contribution in [2.24, 2.45) is 0 Å². The Morgan fingerprint density at radius 3 is 2.61 bits per heavy atom. The summed E-state index contributed by atoms with van der Waals surface area (Å²) in [5.74, 6) is -0.164. The minimum Gasteiger partial charge on any atom is -0.302 e. The maximum Gasteiger partial charge on any atom is 0.258 e. The Labute approximate surface area is 166 Å². The SMILES string of the molecule is O=C(c1cccc(-n2cnnn2)c1)N(Cc1ccccn1)c1ccc(Cl)cc1. The Hall–Kier alpha value is -3.58. The minimum atomic E-state index is -0.164. The number of amides is 1. The van der Waals surface area contributed by atoms with E-state index in [2.05, 4.69) is 20.5 Å². The molecule has 0 spiro atoms. The van der Waals surface area contributed by atoms with Gasteiger partial charge in [-0.25, -0.2) is 4.68 Å². The van der Waals surface area contributed by atoms with Gasteiger partial charge >= 0.3 is 0 Å². The van der Waals surface area contributed by atoms with E-state index in [1.165, 1.54) is 11.0 Å². The molecular weight excluding hydrogens is 376 g/mol. The highest BCUT2D eigenvalue weighted by Gasteiger charge is 2.19. The fraction of sp³-hybridized carbons (Fsp3) is 0.0500. The predicted octanol–water partition coefficient (Wildman–Crippen LogP) is 3.56. The van der Waals surface area contributed by atoms with Gasteiger partial charge < -0.3 is 4.90 Å². The number of hydrogen-bond acceptors (Lipinski definition) is 5. The lowest BCUT2D eigenvalue weighted by Crippen LogP contribution is -2.30. The lowest BCUT2D eigenvalue weighted by Gasteiger charge is -2.23. The minimum absolute atomic E-state index is 0.164. The summed E-state index contributed by atoms with van der Waals surface area (Å²) in [5, 5.41) is 11.8. The quantitative estimate of drug-likeness (QED) is 0.520. The van der Waals surface area contributed by atoms with Crippen LogP contribution in [-0.4, -0.2) is 31.1 Å². The fourth-order valence-corrected chi connectivity index (χ4v) is 2.90. The maximum atomic E-state index is 13.4. The maximum absolute atomic E-state index is 13.4. The van der Waals surface area contributed by atoms with Crippen molar-refractivity contribution >= 4 is 23.2 Å². The Morgan fingerprint density at radius 1 is 1.04 bits per heavy atom. The molecule has 0 aliphatic heterocycles. The molecule has 0 N–H and O–H groups in total. The summed E-state index contributed by atoms with van der Waals surface area (Å²) in [5.41, 5.74) is 2.72. The lowest BCUT2D eigenvalue weighted by atomic mass is 10.1. The van der Waals surface area contributed by atoms with E-state index in [-0.39, 0.29) is 5.91 Å². The molecule has 0 aliphatic carbocycles. The highest BCUT2D eigenvalue weighted by atomic mass is 35.5. The lowest BCUT2D eigenvalue weighted by molar-refractivity contribution is 0.0985. The molecule has 4 rings (SSSR count). The number of pyridine rings is 1. The third kappa shape index (κ3) is 3.89. The second-order valence-electron chi connectivity index (χ2n) is 5.99. The van der Waals surface area contributed by atoms with Crippen molar-refractivity contribution in [1.29, 1.82) is 0 Å². The molecule has 2 aromatic carbocycles. The average molecular weight is 391 g/mol. The third-order valence-corrected chi connectivity index (χ3v) is 4.39. The van der Waals surface area contributed by atoms with Crippen LogP contribution in [0.1, 0.15) is 16.1 Å². The summed E-state index contributed by atoms with van der Waals surface area (Å²) < 4.78 is 1.50. The summed E-state index contributed by atoms with van der Waals surface area (Å²) in [6.45, 7) is 0.330. The molecule has 4 aromatic rings. The number of rotatable bonds is 5. The first-order chi connectivity index (χ1) is 13.7. The Kier molecular flexibility index (Phi) is 5.07. The summed E-state index contributed by atoms with van der Waals surface area (Å²) in [7, 11) is 0. The van der Waals surface area contributed by atoms with Crippen molar-refractivity contribution in [3.8, 4) is 5.69 Å². The van der Waals surface area contributed by atoms with Gasteiger partial charge in [0.05, 0.1) is 17.9 Å². The van der Waals surface area contributed by atoms with E-state index in [1.54, 1.807) is 41.4 Å². The molecule has 0 fully saturated rings. The molecule has 0 atom stereocenters. The monoisotopic (exact) mass is 390 g/mol. The van der Waals surface area contributed by atoms with Crippen LogP contribution in [0.25, 0.3) is 5.69 Å². The molecule has 138 valence electrons. The number of tetrazole rings is 1. The Morgan fingerprint density at radius 2 is 1.89 bits per heavy atom. The summed E-state index contributed by atoms with van der Waals surface area (Å²) in [6.07, 6.45) is 3.19. The first-order valence-corrected chi connectivity index (χ1v) is 8.89. The topological polar surface area (TPSA) is 76.8 Å². The van der Waals surface area contributed by atoms with Crippen LogP contribution in [-0.2, 0) is 6.54 Å². The van der Waals surface area contributed by atoms with E-state index in [4.69, 9.17) is 11.6 Å². The van der Waals surface area contributed by atoms with E-state index in [0.29, 0.717) is 22.8 Å². The van der Waals surface area contributed by atoms with Gasteiger partial charge in [0.1, 0.15) is 6.33 Å². The van der Waals surface area contributed by atoms with Crippen molar-refractivity contribution in [2.45, 2.75) is 6.54 Å². The second kappa shape index (κ2) is 7.98. The Bertz CT molecular complexity index is 1070. The van der Waals surface area contributed by atoms with Gasteiger partial charge in [0, 0.05) is 22.5 Å². The van der Waals surface area contributed by atoms with Crippen LogP contribution in [0.3, 0.4) is 0 Å². The number of halogens is 1. The molecule has 0 saturated heterocycles. The van der Waals surface area contributed by atoms with E-state index < -0.39 is 0 Å². The van der Waals surface area contributed by atoms with Crippen LogP contribution < -0.4 is 4.90 Å². The van der Waals surface area contributed by atoms with Gasteiger partial charge in [-0.2, -0.15) is 0 Å². The van der Waals surface area contributed by atoms with Crippen LogP contribution in [0.4, 0.5) is 5.69 Å². The van der Waals surface area contributed by atoms with Crippen molar-refractivity contribution in [1.82, 2.24) is 25.2 Å². The van der Waals surface area contributed by atoms with Gasteiger partial charge in [0.2, 0.25) is 0 Å². The fourth-order valence-electron chi connectivity index (χ4n) is 2.77. The zero-order valence-corrected chi connectivity index (χ0v) is 15.4. The van der Waals surface area contributed by atoms with E-state index in [9.17, 15) is 4.79 Å². The molecule has 0 radical (unpaired) electrons. The smallest absolute Gasteiger partial charge is 0.258 e. The number of carbonyl (C=O) groups is 1. The number of anilines is 1. The molecule has 0 unspecified atom stereocenters. The van der Waals surface area contributed by atoms with E-state index in [1.807, 2.05) is 36.4 Å². The largest absolute Gasteiger partial charge is 0.302 e. The van der Waals surface area contributed by atoms with Crippen molar-refractivity contribution in [3.05, 3.63) is 95.5 Å². The van der Waals surface area contributed by atoms with Crippen LogP contribution in [0, 0.1) is 0 Å². The first kappa shape index (κ1) is 17.8. The van der Waals surface area contributed by atoms with Gasteiger partial charge in [0.15, 0.2) is 0 Å². The standard InChI is InChI=1S/C20H15ClN6O/c21-16-7-9-18(10-8-16)26(13-17-5-1-2-11-22-17)20(28)15-4-3-6-19(12-15)27-14-23-24-25-27/h1-12,14H,13H2. The molecule has 8 heteroatoms. The van der Waals surface area contributed by atoms with Gasteiger partial charge in [-0.05, 0) is 65.0 Å². The van der Waals surface area contributed by atoms with Gasteiger partial charge in [0.25, 0.3) is 5.91 Å². The van der Waals surface area contributed by atoms with Crippen LogP contribution >= 0.6 is 11.6 Å². The average Bonchev–Trinajstić information content (AvgIpc) is 3.28. The highest BCUT2D eigenvalue weighted by molar-refractivity contribution is 6.30. The molecule has 7 nitrogen and oxygen atoms in total. The van der Waals surface area contributed by atoms with Gasteiger partial charge in [-0.15, -0.1) is 5.10 Å². The number of hydrogen-bond donors (Lipinski definition) is 0. The summed E-state index contributed by atoms with van der Waals surface area (Å²) in [4.78, 5) is 19.4. The third-order valence-electron chi connectivity index (χ3n) is 4.14. The molecule has 28 heavy (non-hydrogen) atoms. The van der Waals surface area contributed by atoms with Gasteiger partial charge in [-0.1, -0.05) is 23.7 Å². The van der Waals surface area contributed by atoms with E-state index >= 15 is 0 Å². The van der Waals surface area contributed by atoms with Gasteiger partial charge in [-0.3, -0.25) is 9.78 Å². The highest BCUT2D eigenvalue weighted by Crippen LogP contribution is 2.23. The van der Waals surface area contributed by atoms with E-state index in [0.717, 1.165) is 11.4 Å². The molecule has 0 aliphatic rings. The number of benzene rings is 2. The summed E-state index contributed by atoms with van der Waals surface area (Å²) in [6, 6.07) is 19.9. The number of carbonyl (C=O) groups excluding carboxylic acids is 1. The van der Waals surface area contributed by atoms with Crippen LogP contribution in [0.15, 0.2) is 79.3 Å².